The van der Waals surface area contributed by atoms with E-state index in [0.29, 0.717) is 44.2 Å². The summed E-state index contributed by atoms with van der Waals surface area (Å²) in [5.74, 6) is -0.958. The van der Waals surface area contributed by atoms with Crippen molar-refractivity contribution in [3.8, 4) is 16.8 Å². The molecule has 0 saturated heterocycles. The minimum absolute atomic E-state index is 0.00717. The maximum atomic E-state index is 15.0. The van der Waals surface area contributed by atoms with Crippen molar-refractivity contribution in [1.29, 1.82) is 5.41 Å². The number of imidazole rings is 1. The van der Waals surface area contributed by atoms with E-state index in [4.69, 9.17) is 28.5 Å². The highest BCUT2D eigenvalue weighted by Crippen LogP contribution is 2.35. The smallest absolute Gasteiger partial charge is 0.173 e. The first-order valence-corrected chi connectivity index (χ1v) is 10.7. The number of nitrogens with zero attached hydrogens (tertiary/aromatic N) is 5. The summed E-state index contributed by atoms with van der Waals surface area (Å²) in [7, 11) is 0. The van der Waals surface area contributed by atoms with Crippen molar-refractivity contribution >= 4 is 51.5 Å². The van der Waals surface area contributed by atoms with E-state index in [2.05, 4.69) is 19.9 Å². The molecule has 11 heteroatoms. The lowest BCUT2D eigenvalue weighted by Gasteiger charge is -2.13. The van der Waals surface area contributed by atoms with Crippen LogP contribution in [-0.2, 0) is 0 Å². The normalized spacial score (nSPS) is 11.9. The van der Waals surface area contributed by atoms with Crippen molar-refractivity contribution in [3.63, 3.8) is 0 Å². The molecule has 5 aromatic rings. The maximum Gasteiger partial charge on any atom is 0.173 e. The van der Waals surface area contributed by atoms with Crippen molar-refractivity contribution in [3.05, 3.63) is 76.8 Å². The van der Waals surface area contributed by atoms with E-state index in [1.54, 1.807) is 29.7 Å². The number of rotatable bonds is 4. The molecule has 0 spiro atoms. The van der Waals surface area contributed by atoms with Gasteiger partial charge in [-0.2, -0.15) is 0 Å². The molecular weight excluding hydrogens is 474 g/mol. The number of hydrogen-bond acceptors (Lipinski definition) is 5. The number of aryl methyl sites for hydroxylation is 1. The van der Waals surface area contributed by atoms with E-state index in [-0.39, 0.29) is 22.6 Å². The molecule has 174 valence electrons. The number of nitrogens with one attached hydrogen (secondary N) is 1. The highest BCUT2D eigenvalue weighted by atomic mass is 35.5. The van der Waals surface area contributed by atoms with Crippen LogP contribution >= 0.6 is 11.6 Å². The van der Waals surface area contributed by atoms with Gasteiger partial charge in [-0.15, -0.1) is 0 Å². The summed E-state index contributed by atoms with van der Waals surface area (Å²) in [6, 6.07) is 9.14. The summed E-state index contributed by atoms with van der Waals surface area (Å²) in [5, 5.41) is 7.82. The molecule has 0 aliphatic rings. The van der Waals surface area contributed by atoms with Gasteiger partial charge >= 0.3 is 0 Å². The molecule has 0 bridgehead atoms. The standard InChI is InChI=1S/C24H17ClF2N8/c1-11-34-21-14(23(29)33-10-28)8-12(13-4-6-32-24(30)20(13)27)9-18(21)35(11)17-5-7-31-22-15(25)2-3-16(26)19(17)22/h2-10H,1H3,(H2,30,32)(H3,28,29,33). The molecule has 0 aliphatic carbocycles. The molecule has 5 rings (SSSR count). The number of anilines is 1. The average molecular weight is 491 g/mol. The number of aromatic nitrogens is 4. The number of aliphatic imine (C=N–C) groups is 1. The van der Waals surface area contributed by atoms with Crippen molar-refractivity contribution in [2.45, 2.75) is 6.92 Å². The molecule has 2 aromatic carbocycles. The van der Waals surface area contributed by atoms with Gasteiger partial charge in [0.05, 0.1) is 27.1 Å². The molecule has 8 nitrogen and oxygen atoms in total. The molecule has 0 unspecified atom stereocenters. The summed E-state index contributed by atoms with van der Waals surface area (Å²) in [4.78, 5) is 16.5. The summed E-state index contributed by atoms with van der Waals surface area (Å²) < 4.78 is 31.7. The number of pyridine rings is 2. The Morgan fingerprint density at radius 1 is 1.11 bits per heavy atom. The highest BCUT2D eigenvalue weighted by Gasteiger charge is 2.21. The van der Waals surface area contributed by atoms with E-state index in [1.165, 1.54) is 30.6 Å². The molecule has 0 amide bonds. The van der Waals surface area contributed by atoms with Crippen LogP contribution in [0.2, 0.25) is 5.02 Å². The van der Waals surface area contributed by atoms with Gasteiger partial charge in [-0.3, -0.25) is 15.0 Å². The summed E-state index contributed by atoms with van der Waals surface area (Å²) in [6.45, 7) is 1.74. The van der Waals surface area contributed by atoms with Gasteiger partial charge in [-0.1, -0.05) is 11.6 Å². The largest absolute Gasteiger partial charge is 0.383 e. The van der Waals surface area contributed by atoms with Crippen LogP contribution in [0, 0.1) is 24.0 Å². The lowest BCUT2D eigenvalue weighted by molar-refractivity contribution is 0.631. The fraction of sp³-hybridized carbons (Fsp3) is 0.0417. The monoisotopic (exact) mass is 490 g/mol. The van der Waals surface area contributed by atoms with Crippen LogP contribution in [0.4, 0.5) is 14.6 Å². The Bertz CT molecular complexity index is 1690. The first kappa shape index (κ1) is 22.4. The molecular formula is C24H17ClF2N8. The molecule has 5 N–H and O–H groups in total. The topological polar surface area (TPSA) is 132 Å². The Balaban J connectivity index is 1.93. The number of halogens is 3. The third-order valence-electron chi connectivity index (χ3n) is 5.65. The van der Waals surface area contributed by atoms with Gasteiger partial charge in [0.2, 0.25) is 0 Å². The van der Waals surface area contributed by atoms with Crippen LogP contribution in [0.15, 0.2) is 53.8 Å². The average Bonchev–Trinajstić information content (AvgIpc) is 3.17. The first-order chi connectivity index (χ1) is 16.8. The van der Waals surface area contributed by atoms with Crippen molar-refractivity contribution in [1.82, 2.24) is 19.5 Å². The number of benzene rings is 2. The van der Waals surface area contributed by atoms with Crippen molar-refractivity contribution < 1.29 is 8.78 Å². The summed E-state index contributed by atoms with van der Waals surface area (Å²) in [6.07, 6.45) is 3.71. The molecule has 35 heavy (non-hydrogen) atoms. The molecule has 0 saturated carbocycles. The van der Waals surface area contributed by atoms with Crippen molar-refractivity contribution in [2.24, 2.45) is 10.7 Å². The zero-order valence-electron chi connectivity index (χ0n) is 18.2. The molecule has 0 radical (unpaired) electrons. The number of nitrogen functional groups attached to an aromatic ring is 1. The van der Waals surface area contributed by atoms with Crippen LogP contribution in [-0.4, -0.2) is 31.7 Å². The van der Waals surface area contributed by atoms with Crippen LogP contribution in [0.25, 0.3) is 38.8 Å². The number of hydrogen-bond donors (Lipinski definition) is 3. The second kappa shape index (κ2) is 8.41. The highest BCUT2D eigenvalue weighted by molar-refractivity contribution is 6.35. The van der Waals surface area contributed by atoms with Crippen LogP contribution in [0.5, 0.6) is 0 Å². The van der Waals surface area contributed by atoms with Gasteiger partial charge in [0, 0.05) is 23.5 Å². The van der Waals surface area contributed by atoms with E-state index < -0.39 is 11.6 Å². The number of amidine groups is 1. The second-order valence-corrected chi connectivity index (χ2v) is 8.08. The molecule has 0 aliphatic heterocycles. The zero-order chi connectivity index (χ0) is 24.9. The predicted octanol–water partition coefficient (Wildman–Crippen LogP) is 4.77. The van der Waals surface area contributed by atoms with Gasteiger partial charge in [0.1, 0.15) is 29.3 Å². The minimum Gasteiger partial charge on any atom is -0.383 e. The van der Waals surface area contributed by atoms with E-state index in [9.17, 15) is 4.39 Å². The van der Waals surface area contributed by atoms with Crippen LogP contribution in [0.3, 0.4) is 0 Å². The Morgan fingerprint density at radius 3 is 2.66 bits per heavy atom. The Labute approximate surface area is 202 Å². The molecule has 3 aromatic heterocycles. The number of nitrogens with two attached hydrogens (primary N) is 2. The summed E-state index contributed by atoms with van der Waals surface area (Å²) in [5.41, 5.74) is 14.5. The van der Waals surface area contributed by atoms with Gasteiger partial charge in [-0.05, 0) is 48.9 Å². The van der Waals surface area contributed by atoms with Gasteiger partial charge in [0.25, 0.3) is 0 Å². The Hall–Kier alpha value is -4.44. The quantitative estimate of drug-likeness (QED) is 0.246. The Kier molecular flexibility index (Phi) is 5.37. The lowest BCUT2D eigenvalue weighted by atomic mass is 10.0. The predicted molar refractivity (Wildman–Crippen MR) is 133 cm³/mol. The lowest BCUT2D eigenvalue weighted by Crippen LogP contribution is -2.14. The number of fused-ring (bicyclic) bond motifs is 2. The molecule has 3 heterocycles. The SMILES string of the molecule is Cc1nc2c(C(N)=NC=N)cc(-c3ccnc(N)c3F)cc2n1-c1ccnc2c(Cl)ccc(F)c12. The van der Waals surface area contributed by atoms with Crippen molar-refractivity contribution in [2.75, 3.05) is 5.73 Å². The zero-order valence-corrected chi connectivity index (χ0v) is 19.0. The maximum absolute atomic E-state index is 15.0. The molecule has 0 atom stereocenters. The third kappa shape index (κ3) is 3.55. The van der Waals surface area contributed by atoms with Crippen LogP contribution < -0.4 is 11.5 Å². The minimum atomic E-state index is -0.699. The molecule has 0 fully saturated rings. The van der Waals surface area contributed by atoms with E-state index >= 15 is 4.39 Å². The second-order valence-electron chi connectivity index (χ2n) is 7.67. The first-order valence-electron chi connectivity index (χ1n) is 10.3. The fourth-order valence-corrected chi connectivity index (χ4v) is 4.34. The fourth-order valence-electron chi connectivity index (χ4n) is 4.13. The van der Waals surface area contributed by atoms with E-state index in [1.807, 2.05) is 0 Å². The van der Waals surface area contributed by atoms with Gasteiger partial charge in [0.15, 0.2) is 11.6 Å². The van der Waals surface area contributed by atoms with E-state index in [0.717, 1.165) is 6.34 Å². The van der Waals surface area contributed by atoms with Gasteiger partial charge < -0.3 is 11.5 Å². The van der Waals surface area contributed by atoms with Gasteiger partial charge in [-0.25, -0.2) is 23.7 Å². The summed E-state index contributed by atoms with van der Waals surface area (Å²) >= 11 is 6.29. The van der Waals surface area contributed by atoms with Crippen LogP contribution in [0.1, 0.15) is 11.4 Å². The third-order valence-corrected chi connectivity index (χ3v) is 5.95. The Morgan fingerprint density at radius 2 is 1.89 bits per heavy atom.